The van der Waals surface area contributed by atoms with Crippen LogP contribution in [-0.2, 0) is 13.0 Å². The van der Waals surface area contributed by atoms with Crippen molar-refractivity contribution >= 4 is 16.6 Å². The topological polar surface area (TPSA) is 77.6 Å². The molecule has 2 heterocycles. The van der Waals surface area contributed by atoms with Crippen LogP contribution in [0.25, 0.3) is 10.9 Å². The maximum atomic E-state index is 13.4. The normalized spacial score (nSPS) is 17.6. The van der Waals surface area contributed by atoms with E-state index in [2.05, 4.69) is 4.98 Å². The number of ether oxygens (including phenoxy) is 2. The first-order valence-corrected chi connectivity index (χ1v) is 10.5. The van der Waals surface area contributed by atoms with Gasteiger partial charge in [0, 0.05) is 22.6 Å². The van der Waals surface area contributed by atoms with E-state index in [1.165, 1.54) is 12.1 Å². The second-order valence-corrected chi connectivity index (χ2v) is 8.09. The molecule has 5 nitrogen and oxygen atoms in total. The third kappa shape index (κ3) is 4.22. The zero-order valence-corrected chi connectivity index (χ0v) is 17.4. The van der Waals surface area contributed by atoms with E-state index < -0.39 is 6.10 Å². The summed E-state index contributed by atoms with van der Waals surface area (Å²) in [7, 11) is 0. The number of nitrogens with two attached hydrogens (primary N) is 1. The van der Waals surface area contributed by atoms with Crippen LogP contribution in [0.5, 0.6) is 11.5 Å². The van der Waals surface area contributed by atoms with E-state index in [4.69, 9.17) is 15.2 Å². The predicted octanol–water partition coefficient (Wildman–Crippen LogP) is 4.82. The molecule has 0 aliphatic carbocycles. The Morgan fingerprint density at radius 3 is 2.84 bits per heavy atom. The monoisotopic (exact) mass is 430 g/mol. The van der Waals surface area contributed by atoms with Gasteiger partial charge in [-0.1, -0.05) is 18.2 Å². The summed E-state index contributed by atoms with van der Waals surface area (Å²) < 4.78 is 25.2. The number of nitrogens with zero attached hydrogens (tertiary/aromatic N) is 1. The summed E-state index contributed by atoms with van der Waals surface area (Å²) in [5.74, 6) is 0.922. The minimum atomic E-state index is -0.669. The molecule has 0 fully saturated rings. The van der Waals surface area contributed by atoms with E-state index in [1.807, 2.05) is 54.6 Å². The SMILES string of the molecule is Nc1cccc(CC2COc3ccc(OCc4ccc5cc(F)ccc5n4)cc3C2O)c1. The molecule has 3 N–H and O–H groups in total. The molecular weight excluding hydrogens is 407 g/mol. The van der Waals surface area contributed by atoms with Crippen LogP contribution in [0, 0.1) is 11.7 Å². The van der Waals surface area contributed by atoms with E-state index in [0.29, 0.717) is 41.3 Å². The summed E-state index contributed by atoms with van der Waals surface area (Å²) >= 11 is 0. The molecule has 6 heteroatoms. The van der Waals surface area contributed by atoms with Crippen molar-refractivity contribution in [3.63, 3.8) is 0 Å². The Balaban J connectivity index is 1.30. The molecule has 1 aliphatic rings. The van der Waals surface area contributed by atoms with Crippen molar-refractivity contribution in [3.05, 3.63) is 95.4 Å². The fourth-order valence-electron chi connectivity index (χ4n) is 4.09. The molecule has 0 amide bonds. The molecular formula is C26H23FN2O3. The van der Waals surface area contributed by atoms with Crippen molar-refractivity contribution in [3.8, 4) is 11.5 Å². The van der Waals surface area contributed by atoms with Crippen molar-refractivity contribution < 1.29 is 19.0 Å². The Bertz CT molecular complexity index is 1280. The van der Waals surface area contributed by atoms with Gasteiger partial charge in [-0.2, -0.15) is 0 Å². The largest absolute Gasteiger partial charge is 0.493 e. The molecule has 5 rings (SSSR count). The Morgan fingerprint density at radius 2 is 1.97 bits per heavy atom. The number of hydrogen-bond donors (Lipinski definition) is 2. The zero-order chi connectivity index (χ0) is 22.1. The first-order chi connectivity index (χ1) is 15.5. The van der Waals surface area contributed by atoms with E-state index in [1.54, 1.807) is 6.07 Å². The number of aliphatic hydroxyl groups is 1. The van der Waals surface area contributed by atoms with Crippen molar-refractivity contribution in [1.82, 2.24) is 4.98 Å². The Morgan fingerprint density at radius 1 is 1.06 bits per heavy atom. The van der Waals surface area contributed by atoms with E-state index in [0.717, 1.165) is 16.6 Å². The minimum absolute atomic E-state index is 0.0814. The summed E-state index contributed by atoms with van der Waals surface area (Å²) in [5.41, 5.74) is 9.81. The summed E-state index contributed by atoms with van der Waals surface area (Å²) in [6.45, 7) is 0.695. The standard InChI is InChI=1S/C26H23FN2O3/c27-19-5-8-24-17(12-19)4-6-21(29-24)15-31-22-7-9-25-23(13-22)26(30)18(14-32-25)10-16-2-1-3-20(28)11-16/h1-9,11-13,18,26,30H,10,14-15,28H2. The fraction of sp³-hybridized carbons (Fsp3) is 0.192. The van der Waals surface area contributed by atoms with Gasteiger partial charge in [-0.3, -0.25) is 0 Å². The molecule has 0 bridgehead atoms. The van der Waals surface area contributed by atoms with Gasteiger partial charge in [0.1, 0.15) is 23.9 Å². The van der Waals surface area contributed by atoms with Crippen LogP contribution < -0.4 is 15.2 Å². The number of halogens is 1. The van der Waals surface area contributed by atoms with Gasteiger partial charge in [-0.15, -0.1) is 0 Å². The number of nitrogen functional groups attached to an aromatic ring is 1. The van der Waals surface area contributed by atoms with Crippen LogP contribution in [0.3, 0.4) is 0 Å². The molecule has 0 saturated carbocycles. The second kappa shape index (κ2) is 8.48. The lowest BCUT2D eigenvalue weighted by Gasteiger charge is -2.30. The maximum Gasteiger partial charge on any atom is 0.130 e. The van der Waals surface area contributed by atoms with Crippen molar-refractivity contribution in [2.24, 2.45) is 5.92 Å². The number of anilines is 1. The van der Waals surface area contributed by atoms with Gasteiger partial charge in [0.2, 0.25) is 0 Å². The summed E-state index contributed by atoms with van der Waals surface area (Å²) in [5, 5.41) is 11.7. The quantitative estimate of drug-likeness (QED) is 0.444. The molecule has 1 aliphatic heterocycles. The van der Waals surface area contributed by atoms with Crippen LogP contribution >= 0.6 is 0 Å². The molecule has 1 aromatic heterocycles. The average molecular weight is 430 g/mol. The lowest BCUT2D eigenvalue weighted by molar-refractivity contribution is 0.0504. The van der Waals surface area contributed by atoms with Gasteiger partial charge in [0.05, 0.1) is 23.9 Å². The van der Waals surface area contributed by atoms with Gasteiger partial charge in [-0.05, 0) is 66.6 Å². The second-order valence-electron chi connectivity index (χ2n) is 8.09. The maximum absolute atomic E-state index is 13.4. The van der Waals surface area contributed by atoms with Crippen molar-refractivity contribution in [1.29, 1.82) is 0 Å². The highest BCUT2D eigenvalue weighted by Gasteiger charge is 2.30. The van der Waals surface area contributed by atoms with Crippen LogP contribution in [0.15, 0.2) is 72.8 Å². The van der Waals surface area contributed by atoms with Crippen molar-refractivity contribution in [2.75, 3.05) is 12.3 Å². The van der Waals surface area contributed by atoms with Gasteiger partial charge >= 0.3 is 0 Å². The Hall–Kier alpha value is -3.64. The Labute approximate surface area is 185 Å². The van der Waals surface area contributed by atoms with Crippen LogP contribution in [0.4, 0.5) is 10.1 Å². The molecule has 162 valence electrons. The van der Waals surface area contributed by atoms with Crippen LogP contribution in [0.2, 0.25) is 0 Å². The molecule has 2 unspecified atom stereocenters. The minimum Gasteiger partial charge on any atom is -0.493 e. The van der Waals surface area contributed by atoms with Crippen LogP contribution in [0.1, 0.15) is 22.9 Å². The first kappa shape index (κ1) is 20.3. The van der Waals surface area contributed by atoms with Gasteiger partial charge in [0.25, 0.3) is 0 Å². The summed E-state index contributed by atoms with van der Waals surface area (Å²) in [6.07, 6.45) is -0.00404. The number of hydrogen-bond acceptors (Lipinski definition) is 5. The van der Waals surface area contributed by atoms with E-state index >= 15 is 0 Å². The smallest absolute Gasteiger partial charge is 0.130 e. The van der Waals surface area contributed by atoms with Gasteiger partial charge in [-0.25, -0.2) is 9.37 Å². The van der Waals surface area contributed by atoms with Crippen LogP contribution in [-0.4, -0.2) is 16.7 Å². The third-order valence-corrected chi connectivity index (χ3v) is 5.74. The Kier molecular flexibility index (Phi) is 5.37. The molecule has 0 radical (unpaired) electrons. The fourth-order valence-corrected chi connectivity index (χ4v) is 4.09. The average Bonchev–Trinajstić information content (AvgIpc) is 2.80. The molecule has 4 aromatic rings. The number of benzene rings is 3. The van der Waals surface area contributed by atoms with Gasteiger partial charge in [0.15, 0.2) is 0 Å². The number of rotatable bonds is 5. The summed E-state index contributed by atoms with van der Waals surface area (Å²) in [6, 6.07) is 21.3. The third-order valence-electron chi connectivity index (χ3n) is 5.74. The molecule has 2 atom stereocenters. The zero-order valence-electron chi connectivity index (χ0n) is 17.4. The van der Waals surface area contributed by atoms with Gasteiger partial charge < -0.3 is 20.3 Å². The van der Waals surface area contributed by atoms with E-state index in [-0.39, 0.29) is 18.3 Å². The number of aliphatic hydroxyl groups excluding tert-OH is 1. The lowest BCUT2D eigenvalue weighted by Crippen LogP contribution is -2.27. The van der Waals surface area contributed by atoms with Crippen molar-refractivity contribution in [2.45, 2.75) is 19.1 Å². The molecule has 3 aromatic carbocycles. The molecule has 0 spiro atoms. The number of aromatic nitrogens is 1. The lowest BCUT2D eigenvalue weighted by atomic mass is 9.88. The molecule has 0 saturated heterocycles. The highest BCUT2D eigenvalue weighted by Crippen LogP contribution is 2.39. The highest BCUT2D eigenvalue weighted by atomic mass is 19.1. The van der Waals surface area contributed by atoms with E-state index in [9.17, 15) is 9.50 Å². The number of pyridine rings is 1. The predicted molar refractivity (Wildman–Crippen MR) is 121 cm³/mol. The highest BCUT2D eigenvalue weighted by molar-refractivity contribution is 5.78. The first-order valence-electron chi connectivity index (χ1n) is 10.5. The summed E-state index contributed by atoms with van der Waals surface area (Å²) in [4.78, 5) is 4.52. The molecule has 32 heavy (non-hydrogen) atoms. The number of fused-ring (bicyclic) bond motifs is 2.